The molecular formula is C11H14N2S. The Morgan fingerprint density at radius 2 is 1.86 bits per heavy atom. The average molecular weight is 206 g/mol. The normalized spacial score (nSPS) is 10.5. The summed E-state index contributed by atoms with van der Waals surface area (Å²) in [5, 5.41) is 0. The largest absolute Gasteiger partial charge is 0.369 e. The van der Waals surface area contributed by atoms with Crippen LogP contribution in [0.2, 0.25) is 0 Å². The summed E-state index contributed by atoms with van der Waals surface area (Å²) in [6, 6.07) is 8.05. The Bertz CT molecular complexity index is 339. The van der Waals surface area contributed by atoms with Gasteiger partial charge in [-0.05, 0) is 6.92 Å². The SMILES string of the molecule is Cc1ccc(C(=S)N=CN(C)C)cc1. The van der Waals surface area contributed by atoms with Gasteiger partial charge in [-0.25, -0.2) is 4.99 Å². The Labute approximate surface area is 90.3 Å². The number of benzene rings is 1. The predicted molar refractivity (Wildman–Crippen MR) is 65.1 cm³/mol. The summed E-state index contributed by atoms with van der Waals surface area (Å²) in [4.78, 5) is 6.64. The van der Waals surface area contributed by atoms with Crippen LogP contribution in [0.25, 0.3) is 0 Å². The highest BCUT2D eigenvalue weighted by molar-refractivity contribution is 7.80. The molecule has 0 aromatic heterocycles. The summed E-state index contributed by atoms with van der Waals surface area (Å²) >= 11 is 5.16. The zero-order valence-electron chi connectivity index (χ0n) is 8.69. The van der Waals surface area contributed by atoms with Gasteiger partial charge >= 0.3 is 0 Å². The van der Waals surface area contributed by atoms with Crippen LogP contribution in [0, 0.1) is 6.92 Å². The molecule has 74 valence electrons. The second-order valence-corrected chi connectivity index (χ2v) is 3.77. The number of nitrogens with zero attached hydrogens (tertiary/aromatic N) is 2. The molecule has 1 aromatic rings. The highest BCUT2D eigenvalue weighted by atomic mass is 32.1. The van der Waals surface area contributed by atoms with Crippen molar-refractivity contribution in [2.24, 2.45) is 4.99 Å². The Morgan fingerprint density at radius 3 is 2.36 bits per heavy atom. The molecule has 0 aliphatic heterocycles. The molecule has 14 heavy (non-hydrogen) atoms. The number of aryl methyl sites for hydroxylation is 1. The molecule has 1 aromatic carbocycles. The van der Waals surface area contributed by atoms with E-state index in [-0.39, 0.29) is 0 Å². The second kappa shape index (κ2) is 4.86. The maximum Gasteiger partial charge on any atom is 0.135 e. The van der Waals surface area contributed by atoms with Crippen molar-refractivity contribution in [1.29, 1.82) is 0 Å². The first-order chi connectivity index (χ1) is 6.59. The Morgan fingerprint density at radius 1 is 1.29 bits per heavy atom. The van der Waals surface area contributed by atoms with Crippen LogP contribution in [0.3, 0.4) is 0 Å². The molecule has 0 saturated carbocycles. The number of hydrogen-bond donors (Lipinski definition) is 0. The first-order valence-electron chi connectivity index (χ1n) is 4.41. The standard InChI is InChI=1S/C11H14N2S/c1-9-4-6-10(7-5-9)11(14)12-8-13(2)3/h4-8H,1-3H3. The molecule has 0 saturated heterocycles. The zero-order chi connectivity index (χ0) is 10.6. The lowest BCUT2D eigenvalue weighted by Crippen LogP contribution is -2.09. The summed E-state index contributed by atoms with van der Waals surface area (Å²) in [5.41, 5.74) is 2.22. The van der Waals surface area contributed by atoms with Gasteiger partial charge in [-0.3, -0.25) is 0 Å². The van der Waals surface area contributed by atoms with E-state index in [1.807, 2.05) is 43.3 Å². The van der Waals surface area contributed by atoms with E-state index in [9.17, 15) is 0 Å². The van der Waals surface area contributed by atoms with Crippen LogP contribution in [0.15, 0.2) is 29.3 Å². The molecule has 0 N–H and O–H groups in total. The Hall–Kier alpha value is -1.22. The molecule has 0 aliphatic rings. The van der Waals surface area contributed by atoms with Gasteiger partial charge < -0.3 is 4.90 Å². The van der Waals surface area contributed by atoms with Gasteiger partial charge in [0.1, 0.15) is 4.99 Å². The van der Waals surface area contributed by atoms with Gasteiger partial charge in [-0.2, -0.15) is 0 Å². The van der Waals surface area contributed by atoms with Gasteiger partial charge in [-0.1, -0.05) is 42.0 Å². The Kier molecular flexibility index (Phi) is 3.77. The fourth-order valence-corrected chi connectivity index (χ4v) is 1.12. The minimum absolute atomic E-state index is 0.624. The summed E-state index contributed by atoms with van der Waals surface area (Å²) in [6.45, 7) is 2.05. The summed E-state index contributed by atoms with van der Waals surface area (Å²) in [7, 11) is 3.84. The Balaban J connectivity index is 2.75. The summed E-state index contributed by atoms with van der Waals surface area (Å²) in [5.74, 6) is 0. The topological polar surface area (TPSA) is 15.6 Å². The van der Waals surface area contributed by atoms with Gasteiger partial charge in [-0.15, -0.1) is 0 Å². The van der Waals surface area contributed by atoms with E-state index in [1.165, 1.54) is 5.56 Å². The van der Waals surface area contributed by atoms with Crippen molar-refractivity contribution in [3.63, 3.8) is 0 Å². The molecule has 1 rings (SSSR count). The maximum absolute atomic E-state index is 5.16. The number of rotatable bonds is 2. The molecule has 0 atom stereocenters. The van der Waals surface area contributed by atoms with E-state index in [0.29, 0.717) is 4.99 Å². The van der Waals surface area contributed by atoms with Gasteiger partial charge in [0.2, 0.25) is 0 Å². The van der Waals surface area contributed by atoms with E-state index in [4.69, 9.17) is 12.2 Å². The minimum Gasteiger partial charge on any atom is -0.369 e. The predicted octanol–water partition coefficient (Wildman–Crippen LogP) is 2.26. The van der Waals surface area contributed by atoms with Crippen molar-refractivity contribution in [2.75, 3.05) is 14.1 Å². The van der Waals surface area contributed by atoms with Crippen LogP contribution in [-0.4, -0.2) is 30.3 Å². The lowest BCUT2D eigenvalue weighted by Gasteiger charge is -2.03. The van der Waals surface area contributed by atoms with E-state index in [1.54, 1.807) is 6.34 Å². The third kappa shape index (κ3) is 3.26. The van der Waals surface area contributed by atoms with Gasteiger partial charge in [0.25, 0.3) is 0 Å². The lowest BCUT2D eigenvalue weighted by atomic mass is 10.1. The van der Waals surface area contributed by atoms with Gasteiger partial charge in [0.15, 0.2) is 0 Å². The molecule has 0 spiro atoms. The summed E-state index contributed by atoms with van der Waals surface area (Å²) in [6.07, 6.45) is 1.71. The van der Waals surface area contributed by atoms with Gasteiger partial charge in [0, 0.05) is 19.7 Å². The third-order valence-electron chi connectivity index (χ3n) is 1.70. The van der Waals surface area contributed by atoms with Crippen LogP contribution in [0.4, 0.5) is 0 Å². The van der Waals surface area contributed by atoms with Crippen molar-refractivity contribution < 1.29 is 0 Å². The third-order valence-corrected chi connectivity index (χ3v) is 2.05. The van der Waals surface area contributed by atoms with E-state index >= 15 is 0 Å². The zero-order valence-corrected chi connectivity index (χ0v) is 9.51. The van der Waals surface area contributed by atoms with Crippen molar-refractivity contribution in [3.05, 3.63) is 35.4 Å². The fraction of sp³-hybridized carbons (Fsp3) is 0.273. The summed E-state index contributed by atoms with van der Waals surface area (Å²) < 4.78 is 0. The second-order valence-electron chi connectivity index (χ2n) is 3.38. The molecule has 0 fully saturated rings. The monoisotopic (exact) mass is 206 g/mol. The van der Waals surface area contributed by atoms with E-state index in [0.717, 1.165) is 5.56 Å². The molecule has 2 nitrogen and oxygen atoms in total. The molecule has 0 bridgehead atoms. The molecule has 3 heteroatoms. The fourth-order valence-electron chi connectivity index (χ4n) is 0.939. The van der Waals surface area contributed by atoms with Crippen LogP contribution < -0.4 is 0 Å². The highest BCUT2D eigenvalue weighted by Crippen LogP contribution is 2.05. The van der Waals surface area contributed by atoms with Gasteiger partial charge in [0.05, 0.1) is 6.34 Å². The molecule has 0 amide bonds. The minimum atomic E-state index is 0.624. The van der Waals surface area contributed by atoms with E-state index < -0.39 is 0 Å². The number of hydrogen-bond acceptors (Lipinski definition) is 1. The molecule has 0 heterocycles. The van der Waals surface area contributed by atoms with Crippen LogP contribution in [0.5, 0.6) is 0 Å². The number of aliphatic imine (C=N–C) groups is 1. The lowest BCUT2D eigenvalue weighted by molar-refractivity contribution is 0.644. The van der Waals surface area contributed by atoms with Crippen molar-refractivity contribution in [1.82, 2.24) is 4.90 Å². The van der Waals surface area contributed by atoms with Crippen LogP contribution >= 0.6 is 12.2 Å². The molecule has 0 unspecified atom stereocenters. The van der Waals surface area contributed by atoms with Crippen LogP contribution in [-0.2, 0) is 0 Å². The maximum atomic E-state index is 5.16. The average Bonchev–Trinajstić information content (AvgIpc) is 2.15. The molecule has 0 radical (unpaired) electrons. The van der Waals surface area contributed by atoms with Crippen LogP contribution in [0.1, 0.15) is 11.1 Å². The smallest absolute Gasteiger partial charge is 0.135 e. The number of thiocarbonyl (C=S) groups is 1. The van der Waals surface area contributed by atoms with Crippen molar-refractivity contribution in [2.45, 2.75) is 6.92 Å². The quantitative estimate of drug-likeness (QED) is 0.419. The highest BCUT2D eigenvalue weighted by Gasteiger charge is 1.96. The van der Waals surface area contributed by atoms with E-state index in [2.05, 4.69) is 11.9 Å². The van der Waals surface area contributed by atoms with Crippen molar-refractivity contribution >= 4 is 23.5 Å². The first-order valence-corrected chi connectivity index (χ1v) is 4.82. The van der Waals surface area contributed by atoms with Crippen molar-refractivity contribution in [3.8, 4) is 0 Å². The molecular weight excluding hydrogens is 192 g/mol. The molecule has 0 aliphatic carbocycles. The first kappa shape index (κ1) is 10.9.